The van der Waals surface area contributed by atoms with Crippen molar-refractivity contribution >= 4 is 17.5 Å². The molecule has 0 saturated heterocycles. The summed E-state index contributed by atoms with van der Waals surface area (Å²) in [6, 6.07) is 7.35. The largest absolute Gasteiger partial charge is 0.352 e. The molecular formula is C18H20ClN3O. The number of H-pyrrole nitrogens is 1. The minimum atomic E-state index is -0.0971. The van der Waals surface area contributed by atoms with Gasteiger partial charge in [0.1, 0.15) is 0 Å². The van der Waals surface area contributed by atoms with Crippen LogP contribution in [0.4, 0.5) is 0 Å². The molecule has 0 bridgehead atoms. The third-order valence-corrected chi connectivity index (χ3v) is 4.39. The van der Waals surface area contributed by atoms with Gasteiger partial charge in [-0.05, 0) is 44.2 Å². The van der Waals surface area contributed by atoms with Gasteiger partial charge in [0.2, 0.25) is 0 Å². The van der Waals surface area contributed by atoms with Crippen LogP contribution in [0.2, 0.25) is 5.02 Å². The molecule has 0 radical (unpaired) electrons. The Hall–Kier alpha value is -2.07. The van der Waals surface area contributed by atoms with Gasteiger partial charge in [0.05, 0.1) is 17.5 Å². The number of aromatic amines is 1. The number of aromatic nitrogens is 2. The van der Waals surface area contributed by atoms with E-state index >= 15 is 0 Å². The highest BCUT2D eigenvalue weighted by Gasteiger charge is 2.15. The van der Waals surface area contributed by atoms with Crippen molar-refractivity contribution in [3.63, 3.8) is 0 Å². The van der Waals surface area contributed by atoms with E-state index < -0.39 is 0 Å². The van der Waals surface area contributed by atoms with Crippen LogP contribution in [0.3, 0.4) is 0 Å². The average Bonchev–Trinajstić information content (AvgIpc) is 3.06. The van der Waals surface area contributed by atoms with Gasteiger partial charge in [-0.2, -0.15) is 5.10 Å². The first kappa shape index (κ1) is 15.8. The fourth-order valence-corrected chi connectivity index (χ4v) is 2.98. The summed E-state index contributed by atoms with van der Waals surface area (Å²) in [5.41, 5.74) is 3.63. The molecule has 1 aliphatic carbocycles. The van der Waals surface area contributed by atoms with Crippen molar-refractivity contribution in [2.45, 2.75) is 32.1 Å². The lowest BCUT2D eigenvalue weighted by Gasteiger charge is -2.13. The zero-order chi connectivity index (χ0) is 16.1. The molecule has 5 heteroatoms. The molecule has 0 spiro atoms. The summed E-state index contributed by atoms with van der Waals surface area (Å²) in [6.07, 6.45) is 9.70. The number of carbonyl (C=O) groups excluding carboxylic acids is 1. The molecule has 1 aromatic carbocycles. The molecule has 0 fully saturated rings. The quantitative estimate of drug-likeness (QED) is 0.801. The molecular weight excluding hydrogens is 310 g/mol. The number of benzene rings is 1. The molecule has 0 unspecified atom stereocenters. The van der Waals surface area contributed by atoms with Gasteiger partial charge >= 0.3 is 0 Å². The average molecular weight is 330 g/mol. The summed E-state index contributed by atoms with van der Waals surface area (Å²) in [7, 11) is 0. The number of nitrogens with one attached hydrogen (secondary N) is 2. The van der Waals surface area contributed by atoms with E-state index in [1.807, 2.05) is 12.1 Å². The maximum Gasteiger partial charge on any atom is 0.255 e. The minimum absolute atomic E-state index is 0.0971. The number of carbonyl (C=O) groups is 1. The van der Waals surface area contributed by atoms with Crippen molar-refractivity contribution in [3.05, 3.63) is 52.7 Å². The van der Waals surface area contributed by atoms with E-state index in [0.29, 0.717) is 17.1 Å². The molecule has 1 aromatic heterocycles. The minimum Gasteiger partial charge on any atom is -0.352 e. The highest BCUT2D eigenvalue weighted by atomic mass is 35.5. The summed E-state index contributed by atoms with van der Waals surface area (Å²) in [5.74, 6) is -0.0971. The maximum atomic E-state index is 12.4. The van der Waals surface area contributed by atoms with E-state index in [9.17, 15) is 4.79 Å². The fraction of sp³-hybridized carbons (Fsp3) is 0.333. The van der Waals surface area contributed by atoms with Crippen LogP contribution < -0.4 is 5.32 Å². The molecule has 4 nitrogen and oxygen atoms in total. The summed E-state index contributed by atoms with van der Waals surface area (Å²) < 4.78 is 0. The standard InChI is InChI=1S/C18H20ClN3O/c19-15-8-6-14(7-9-15)17-16(12-21-22-17)18(23)20-11-10-13-4-2-1-3-5-13/h4,6-9,12H,1-3,5,10-11H2,(H,20,23)(H,21,22). The van der Waals surface area contributed by atoms with Crippen LogP contribution in [0.15, 0.2) is 42.1 Å². The van der Waals surface area contributed by atoms with E-state index in [1.165, 1.54) is 24.8 Å². The van der Waals surface area contributed by atoms with Crippen molar-refractivity contribution in [1.29, 1.82) is 0 Å². The zero-order valence-corrected chi connectivity index (χ0v) is 13.7. The van der Waals surface area contributed by atoms with Crippen LogP contribution >= 0.6 is 11.6 Å². The Bertz CT molecular complexity index is 703. The molecule has 23 heavy (non-hydrogen) atoms. The van der Waals surface area contributed by atoms with Gasteiger partial charge in [-0.1, -0.05) is 35.4 Å². The molecule has 0 atom stereocenters. The molecule has 0 aliphatic heterocycles. The van der Waals surface area contributed by atoms with E-state index in [2.05, 4.69) is 21.6 Å². The highest BCUT2D eigenvalue weighted by molar-refractivity contribution is 6.30. The summed E-state index contributed by atoms with van der Waals surface area (Å²) in [4.78, 5) is 12.4. The van der Waals surface area contributed by atoms with Gasteiger partial charge in [-0.3, -0.25) is 9.89 Å². The Kier molecular flexibility index (Phi) is 5.13. The predicted molar refractivity (Wildman–Crippen MR) is 92.5 cm³/mol. The van der Waals surface area contributed by atoms with Crippen LogP contribution in [0.1, 0.15) is 42.5 Å². The van der Waals surface area contributed by atoms with E-state index in [-0.39, 0.29) is 5.91 Å². The SMILES string of the molecule is O=C(NCCC1=CCCCC1)c1cn[nH]c1-c1ccc(Cl)cc1. The maximum absolute atomic E-state index is 12.4. The Labute approximate surface area is 140 Å². The van der Waals surface area contributed by atoms with Crippen molar-refractivity contribution in [2.75, 3.05) is 6.54 Å². The second kappa shape index (κ2) is 7.47. The molecule has 120 valence electrons. The van der Waals surface area contributed by atoms with E-state index in [4.69, 9.17) is 11.6 Å². The number of halogens is 1. The fourth-order valence-electron chi connectivity index (χ4n) is 2.86. The Morgan fingerprint density at radius 2 is 2.09 bits per heavy atom. The second-order valence-corrected chi connectivity index (χ2v) is 6.22. The first-order valence-electron chi connectivity index (χ1n) is 7.99. The molecule has 3 rings (SSSR count). The molecule has 1 heterocycles. The topological polar surface area (TPSA) is 57.8 Å². The number of nitrogens with zero attached hydrogens (tertiary/aromatic N) is 1. The number of rotatable bonds is 5. The van der Waals surface area contributed by atoms with E-state index in [0.717, 1.165) is 24.1 Å². The predicted octanol–water partition coefficient (Wildman–Crippen LogP) is 4.35. The van der Waals surface area contributed by atoms with Crippen LogP contribution in [0.25, 0.3) is 11.3 Å². The monoisotopic (exact) mass is 329 g/mol. The Balaban J connectivity index is 1.63. The normalized spacial score (nSPS) is 14.4. The molecule has 2 aromatic rings. The Morgan fingerprint density at radius 1 is 1.26 bits per heavy atom. The van der Waals surface area contributed by atoms with Gasteiger partial charge < -0.3 is 5.32 Å². The first-order chi connectivity index (χ1) is 11.2. The van der Waals surface area contributed by atoms with Crippen molar-refractivity contribution in [1.82, 2.24) is 15.5 Å². The van der Waals surface area contributed by atoms with Crippen molar-refractivity contribution < 1.29 is 4.79 Å². The molecule has 2 N–H and O–H groups in total. The number of hydrogen-bond acceptors (Lipinski definition) is 2. The lowest BCUT2D eigenvalue weighted by atomic mass is 9.97. The number of hydrogen-bond donors (Lipinski definition) is 2. The lowest BCUT2D eigenvalue weighted by Crippen LogP contribution is -2.25. The van der Waals surface area contributed by atoms with Crippen molar-refractivity contribution in [2.24, 2.45) is 0 Å². The first-order valence-corrected chi connectivity index (χ1v) is 8.37. The summed E-state index contributed by atoms with van der Waals surface area (Å²) in [6.45, 7) is 0.663. The van der Waals surface area contributed by atoms with Crippen LogP contribution in [-0.4, -0.2) is 22.6 Å². The van der Waals surface area contributed by atoms with Crippen molar-refractivity contribution in [3.8, 4) is 11.3 Å². The number of amides is 1. The van der Waals surface area contributed by atoms with Gasteiger partial charge in [-0.15, -0.1) is 0 Å². The Morgan fingerprint density at radius 3 is 2.83 bits per heavy atom. The summed E-state index contributed by atoms with van der Waals surface area (Å²) in [5, 5.41) is 10.6. The van der Waals surface area contributed by atoms with Gasteiger partial charge in [0, 0.05) is 17.1 Å². The smallest absolute Gasteiger partial charge is 0.255 e. The second-order valence-electron chi connectivity index (χ2n) is 5.78. The van der Waals surface area contributed by atoms with Gasteiger partial charge in [0.15, 0.2) is 0 Å². The zero-order valence-electron chi connectivity index (χ0n) is 12.9. The van der Waals surface area contributed by atoms with Gasteiger partial charge in [-0.25, -0.2) is 0 Å². The lowest BCUT2D eigenvalue weighted by molar-refractivity contribution is 0.0954. The molecule has 1 aliphatic rings. The van der Waals surface area contributed by atoms with Crippen LogP contribution in [-0.2, 0) is 0 Å². The van der Waals surface area contributed by atoms with E-state index in [1.54, 1.807) is 18.3 Å². The highest BCUT2D eigenvalue weighted by Crippen LogP contribution is 2.23. The number of allylic oxidation sites excluding steroid dienone is 1. The molecule has 1 amide bonds. The summed E-state index contributed by atoms with van der Waals surface area (Å²) >= 11 is 5.91. The van der Waals surface area contributed by atoms with Crippen LogP contribution in [0, 0.1) is 0 Å². The third kappa shape index (κ3) is 4.02. The molecule has 0 saturated carbocycles. The van der Waals surface area contributed by atoms with Crippen LogP contribution in [0.5, 0.6) is 0 Å². The third-order valence-electron chi connectivity index (χ3n) is 4.13. The van der Waals surface area contributed by atoms with Gasteiger partial charge in [0.25, 0.3) is 5.91 Å².